The van der Waals surface area contributed by atoms with Gasteiger partial charge in [0.05, 0.1) is 10.0 Å². The lowest BCUT2D eigenvalue weighted by molar-refractivity contribution is -0.140. The van der Waals surface area contributed by atoms with Crippen LogP contribution in [-0.2, 0) is 22.6 Å². The summed E-state index contributed by atoms with van der Waals surface area (Å²) in [6, 6.07) is 22.6. The van der Waals surface area contributed by atoms with Crippen LogP contribution in [0.4, 0.5) is 0 Å². The Kier molecular flexibility index (Phi) is 9.87. The predicted molar refractivity (Wildman–Crippen MR) is 142 cm³/mol. The minimum Gasteiger partial charge on any atom is -0.357 e. The molecule has 3 aromatic rings. The fourth-order valence-electron chi connectivity index (χ4n) is 3.59. The molecule has 1 unspecified atom stereocenters. The molecule has 4 nitrogen and oxygen atoms in total. The second-order valence-corrected chi connectivity index (χ2v) is 9.98. The van der Waals surface area contributed by atoms with Gasteiger partial charge in [0.1, 0.15) is 6.04 Å². The van der Waals surface area contributed by atoms with Crippen molar-refractivity contribution in [2.45, 2.75) is 37.2 Å². The van der Waals surface area contributed by atoms with E-state index >= 15 is 0 Å². The van der Waals surface area contributed by atoms with Crippen molar-refractivity contribution in [3.63, 3.8) is 0 Å². The molecule has 1 atom stereocenters. The lowest BCUT2D eigenvalue weighted by Gasteiger charge is -2.31. The van der Waals surface area contributed by atoms with E-state index in [1.165, 1.54) is 5.56 Å². The Bertz CT molecular complexity index is 1110. The van der Waals surface area contributed by atoms with Gasteiger partial charge in [0, 0.05) is 37.1 Å². The number of rotatable bonds is 10. The van der Waals surface area contributed by atoms with Gasteiger partial charge < -0.3 is 10.2 Å². The van der Waals surface area contributed by atoms with E-state index in [0.29, 0.717) is 28.6 Å². The van der Waals surface area contributed by atoms with E-state index in [4.69, 9.17) is 23.2 Å². The summed E-state index contributed by atoms with van der Waals surface area (Å²) in [4.78, 5) is 29.2. The average Bonchev–Trinajstić information content (AvgIpc) is 2.84. The van der Waals surface area contributed by atoms with Gasteiger partial charge in [0.2, 0.25) is 11.8 Å². The van der Waals surface area contributed by atoms with E-state index in [9.17, 15) is 9.59 Å². The number of benzene rings is 3. The second kappa shape index (κ2) is 12.8. The summed E-state index contributed by atoms with van der Waals surface area (Å²) < 4.78 is 0. The molecule has 1 N–H and O–H groups in total. The zero-order chi connectivity index (χ0) is 24.5. The largest absolute Gasteiger partial charge is 0.357 e. The fraction of sp³-hybridized carbons (Fsp3) is 0.259. The molecule has 0 spiro atoms. The molecule has 0 aliphatic heterocycles. The number of nitrogens with zero attached hydrogens (tertiary/aromatic N) is 1. The molecule has 3 rings (SSSR count). The summed E-state index contributed by atoms with van der Waals surface area (Å²) in [5.41, 5.74) is 3.00. The maximum atomic E-state index is 13.5. The molecule has 0 aliphatic carbocycles. The summed E-state index contributed by atoms with van der Waals surface area (Å²) in [6.45, 7) is 2.31. The number of amides is 2. The number of aryl methyl sites for hydroxylation is 1. The van der Waals surface area contributed by atoms with Crippen LogP contribution in [0.15, 0.2) is 77.7 Å². The summed E-state index contributed by atoms with van der Waals surface area (Å²) in [5.74, 6) is 0.324. The van der Waals surface area contributed by atoms with Crippen LogP contribution in [0.3, 0.4) is 0 Å². The Morgan fingerprint density at radius 2 is 1.65 bits per heavy atom. The molecule has 0 bridgehead atoms. The number of likely N-dealkylation sites (N-methyl/N-ethyl adjacent to an activating group) is 1. The Morgan fingerprint density at radius 3 is 2.29 bits per heavy atom. The smallest absolute Gasteiger partial charge is 0.242 e. The molecule has 178 valence electrons. The van der Waals surface area contributed by atoms with E-state index in [1.807, 2.05) is 43.3 Å². The topological polar surface area (TPSA) is 49.4 Å². The molecule has 0 saturated heterocycles. The summed E-state index contributed by atoms with van der Waals surface area (Å²) in [7, 11) is 1.59. The van der Waals surface area contributed by atoms with Crippen LogP contribution < -0.4 is 5.32 Å². The third-order valence-corrected chi connectivity index (χ3v) is 7.21. The first-order valence-electron chi connectivity index (χ1n) is 11.1. The first kappa shape index (κ1) is 26.1. The van der Waals surface area contributed by atoms with Crippen molar-refractivity contribution in [2.24, 2.45) is 0 Å². The lowest BCUT2D eigenvalue weighted by Crippen LogP contribution is -2.49. The maximum absolute atomic E-state index is 13.5. The highest BCUT2D eigenvalue weighted by atomic mass is 35.5. The highest BCUT2D eigenvalue weighted by Crippen LogP contribution is 2.25. The molecule has 3 aromatic carbocycles. The van der Waals surface area contributed by atoms with Crippen LogP contribution in [0.2, 0.25) is 10.0 Å². The van der Waals surface area contributed by atoms with Crippen molar-refractivity contribution in [3.8, 4) is 0 Å². The quantitative estimate of drug-likeness (QED) is 0.329. The molecule has 0 heterocycles. The van der Waals surface area contributed by atoms with Gasteiger partial charge in [-0.1, -0.05) is 77.3 Å². The normalized spacial score (nSPS) is 11.6. The average molecular weight is 516 g/mol. The van der Waals surface area contributed by atoms with Crippen LogP contribution >= 0.6 is 35.0 Å². The SMILES string of the molecule is CNC(=O)C(Cc1ccccc1)N(Cc1ccc(Cl)c(Cl)c1)C(=O)CCSc1ccc(C)cc1. The number of hydrogen-bond acceptors (Lipinski definition) is 3. The summed E-state index contributed by atoms with van der Waals surface area (Å²) >= 11 is 13.9. The van der Waals surface area contributed by atoms with E-state index in [0.717, 1.165) is 16.0 Å². The highest BCUT2D eigenvalue weighted by Gasteiger charge is 2.29. The number of nitrogens with one attached hydrogen (secondary N) is 1. The highest BCUT2D eigenvalue weighted by molar-refractivity contribution is 7.99. The van der Waals surface area contributed by atoms with E-state index in [1.54, 1.807) is 35.8 Å². The zero-order valence-electron chi connectivity index (χ0n) is 19.3. The Hall–Kier alpha value is -2.47. The second-order valence-electron chi connectivity index (χ2n) is 8.00. The summed E-state index contributed by atoms with van der Waals surface area (Å²) in [5, 5.41) is 3.60. The minimum absolute atomic E-state index is 0.0878. The maximum Gasteiger partial charge on any atom is 0.242 e. The van der Waals surface area contributed by atoms with Crippen molar-refractivity contribution >= 4 is 46.8 Å². The predicted octanol–water partition coefficient (Wildman–Crippen LogP) is 6.17. The Labute approximate surface area is 215 Å². The fourth-order valence-corrected chi connectivity index (χ4v) is 4.75. The van der Waals surface area contributed by atoms with Crippen LogP contribution in [0, 0.1) is 6.92 Å². The molecular formula is C27H28Cl2N2O2S. The number of thioether (sulfide) groups is 1. The molecule has 7 heteroatoms. The van der Waals surface area contributed by atoms with Crippen molar-refractivity contribution in [1.82, 2.24) is 10.2 Å². The third kappa shape index (κ3) is 7.52. The molecule has 2 amide bonds. The van der Waals surface area contributed by atoms with Gasteiger partial charge in [0.15, 0.2) is 0 Å². The van der Waals surface area contributed by atoms with Crippen LogP contribution in [0.1, 0.15) is 23.1 Å². The Morgan fingerprint density at radius 1 is 0.941 bits per heavy atom. The molecule has 0 saturated carbocycles. The van der Waals surface area contributed by atoms with Gasteiger partial charge in [0.25, 0.3) is 0 Å². The van der Waals surface area contributed by atoms with Gasteiger partial charge in [-0.3, -0.25) is 9.59 Å². The van der Waals surface area contributed by atoms with Crippen molar-refractivity contribution in [3.05, 3.63) is 99.5 Å². The number of carbonyl (C=O) groups is 2. The summed E-state index contributed by atoms with van der Waals surface area (Å²) in [6.07, 6.45) is 0.723. The van der Waals surface area contributed by atoms with Crippen molar-refractivity contribution in [1.29, 1.82) is 0 Å². The third-order valence-electron chi connectivity index (χ3n) is 5.46. The monoisotopic (exact) mass is 514 g/mol. The van der Waals surface area contributed by atoms with Crippen molar-refractivity contribution in [2.75, 3.05) is 12.8 Å². The molecule has 0 aliphatic rings. The lowest BCUT2D eigenvalue weighted by atomic mass is 10.0. The number of carbonyl (C=O) groups excluding carboxylic acids is 2. The van der Waals surface area contributed by atoms with E-state index in [-0.39, 0.29) is 18.4 Å². The van der Waals surface area contributed by atoms with Gasteiger partial charge in [-0.2, -0.15) is 0 Å². The van der Waals surface area contributed by atoms with Gasteiger partial charge in [-0.15, -0.1) is 11.8 Å². The van der Waals surface area contributed by atoms with Crippen molar-refractivity contribution < 1.29 is 9.59 Å². The standard InChI is InChI=1S/C27H28Cl2N2O2S/c1-19-8-11-22(12-9-19)34-15-14-26(32)31(18-21-10-13-23(28)24(29)16-21)25(27(33)30-2)17-20-6-4-3-5-7-20/h3-13,16,25H,14-15,17-18H2,1-2H3,(H,30,33). The minimum atomic E-state index is -0.654. The molecule has 0 radical (unpaired) electrons. The van der Waals surface area contributed by atoms with Crippen LogP contribution in [-0.4, -0.2) is 35.6 Å². The molecular weight excluding hydrogens is 487 g/mol. The number of halogens is 2. The van der Waals surface area contributed by atoms with E-state index < -0.39 is 6.04 Å². The van der Waals surface area contributed by atoms with Gasteiger partial charge in [-0.25, -0.2) is 0 Å². The first-order valence-corrected chi connectivity index (χ1v) is 12.8. The van der Waals surface area contributed by atoms with E-state index in [2.05, 4.69) is 29.6 Å². The van der Waals surface area contributed by atoms with Gasteiger partial charge in [-0.05, 0) is 42.3 Å². The molecule has 0 fully saturated rings. The van der Waals surface area contributed by atoms with Gasteiger partial charge >= 0.3 is 0 Å². The Balaban J connectivity index is 1.82. The number of hydrogen-bond donors (Lipinski definition) is 1. The van der Waals surface area contributed by atoms with Crippen LogP contribution in [0.25, 0.3) is 0 Å². The molecule has 0 aromatic heterocycles. The zero-order valence-corrected chi connectivity index (χ0v) is 21.6. The molecule has 34 heavy (non-hydrogen) atoms. The first-order chi connectivity index (χ1) is 16.4. The van der Waals surface area contributed by atoms with Crippen LogP contribution in [0.5, 0.6) is 0 Å².